The summed E-state index contributed by atoms with van der Waals surface area (Å²) >= 11 is 5.80. The maximum absolute atomic E-state index is 12.6. The van der Waals surface area contributed by atoms with Crippen LogP contribution < -0.4 is 10.2 Å². The highest BCUT2D eigenvalue weighted by atomic mass is 35.5. The van der Waals surface area contributed by atoms with E-state index in [0.29, 0.717) is 10.6 Å². The summed E-state index contributed by atoms with van der Waals surface area (Å²) in [5.74, 6) is -1.55. The molecule has 0 spiro atoms. The molecular formula is C17H11ClN2O4. The Morgan fingerprint density at radius 1 is 1.04 bits per heavy atom. The van der Waals surface area contributed by atoms with Gasteiger partial charge in [-0.15, -0.1) is 0 Å². The van der Waals surface area contributed by atoms with Gasteiger partial charge >= 0.3 is 6.03 Å². The third-order valence-corrected chi connectivity index (χ3v) is 3.62. The first-order chi connectivity index (χ1) is 11.5. The van der Waals surface area contributed by atoms with E-state index in [-0.39, 0.29) is 17.0 Å². The van der Waals surface area contributed by atoms with Gasteiger partial charge < -0.3 is 5.11 Å². The number of aromatic hydroxyl groups is 1. The summed E-state index contributed by atoms with van der Waals surface area (Å²) in [6, 6.07) is 11.3. The third kappa shape index (κ3) is 3.00. The number of rotatable bonds is 2. The van der Waals surface area contributed by atoms with Gasteiger partial charge in [-0.25, -0.2) is 9.69 Å². The van der Waals surface area contributed by atoms with E-state index >= 15 is 0 Å². The lowest BCUT2D eigenvalue weighted by Crippen LogP contribution is -2.54. The zero-order valence-corrected chi connectivity index (χ0v) is 12.9. The van der Waals surface area contributed by atoms with Crippen LogP contribution in [0.1, 0.15) is 5.56 Å². The fraction of sp³-hybridized carbons (Fsp3) is 0. The molecule has 120 valence electrons. The summed E-state index contributed by atoms with van der Waals surface area (Å²) in [4.78, 5) is 37.5. The quantitative estimate of drug-likeness (QED) is 0.649. The molecule has 0 bridgehead atoms. The van der Waals surface area contributed by atoms with E-state index in [1.165, 1.54) is 42.5 Å². The summed E-state index contributed by atoms with van der Waals surface area (Å²) in [6.07, 6.45) is 1.31. The van der Waals surface area contributed by atoms with E-state index < -0.39 is 17.8 Å². The van der Waals surface area contributed by atoms with Crippen LogP contribution in [0, 0.1) is 0 Å². The predicted octanol–water partition coefficient (Wildman–Crippen LogP) is 2.71. The van der Waals surface area contributed by atoms with Crippen molar-refractivity contribution in [3.05, 3.63) is 64.7 Å². The van der Waals surface area contributed by atoms with Crippen molar-refractivity contribution in [3.63, 3.8) is 0 Å². The number of anilines is 1. The third-order valence-electron chi connectivity index (χ3n) is 3.37. The van der Waals surface area contributed by atoms with Crippen LogP contribution in [0.2, 0.25) is 5.02 Å². The number of phenols is 1. The van der Waals surface area contributed by atoms with E-state index in [9.17, 15) is 19.5 Å². The molecule has 0 atom stereocenters. The Kier molecular flexibility index (Phi) is 4.05. The maximum atomic E-state index is 12.6. The number of nitrogens with one attached hydrogen (secondary N) is 1. The molecule has 2 aromatic rings. The molecule has 7 heteroatoms. The van der Waals surface area contributed by atoms with Gasteiger partial charge in [-0.1, -0.05) is 23.7 Å². The number of hydrogen-bond donors (Lipinski definition) is 2. The number of urea groups is 1. The summed E-state index contributed by atoms with van der Waals surface area (Å²) in [6.45, 7) is 0. The lowest BCUT2D eigenvalue weighted by molar-refractivity contribution is -0.122. The van der Waals surface area contributed by atoms with E-state index in [1.807, 2.05) is 0 Å². The average Bonchev–Trinajstić information content (AvgIpc) is 2.53. The first-order valence-electron chi connectivity index (χ1n) is 6.92. The standard InChI is InChI=1S/C17H11ClN2O4/c18-11-4-6-12(7-5-11)20-16(23)14(15(22)19-17(20)24)9-10-2-1-3-13(21)8-10/h1-9,21H,(H,19,22,24)/b14-9+. The number of carbonyl (C=O) groups excluding carboxylic acids is 3. The summed E-state index contributed by atoms with van der Waals surface area (Å²) in [5.41, 5.74) is 0.533. The molecule has 1 saturated heterocycles. The van der Waals surface area contributed by atoms with E-state index in [0.717, 1.165) is 4.90 Å². The number of benzene rings is 2. The number of barbiturate groups is 1. The van der Waals surface area contributed by atoms with Crippen molar-refractivity contribution in [1.82, 2.24) is 5.32 Å². The van der Waals surface area contributed by atoms with Crippen LogP contribution in [0.5, 0.6) is 5.75 Å². The number of nitrogens with zero attached hydrogens (tertiary/aromatic N) is 1. The van der Waals surface area contributed by atoms with Gasteiger partial charge in [0.15, 0.2) is 0 Å². The normalized spacial score (nSPS) is 16.5. The molecular weight excluding hydrogens is 332 g/mol. The fourth-order valence-corrected chi connectivity index (χ4v) is 2.39. The maximum Gasteiger partial charge on any atom is 0.335 e. The molecule has 0 unspecified atom stereocenters. The van der Waals surface area contributed by atoms with Crippen LogP contribution in [0.4, 0.5) is 10.5 Å². The predicted molar refractivity (Wildman–Crippen MR) is 88.6 cm³/mol. The summed E-state index contributed by atoms with van der Waals surface area (Å²) in [5, 5.41) is 12.1. The van der Waals surface area contributed by atoms with Crippen molar-refractivity contribution in [2.45, 2.75) is 0 Å². The van der Waals surface area contributed by atoms with Gasteiger partial charge in [-0.05, 0) is 48.0 Å². The number of phenolic OH excluding ortho intramolecular Hbond substituents is 1. The number of amides is 4. The van der Waals surface area contributed by atoms with Crippen LogP contribution in [0.25, 0.3) is 6.08 Å². The number of halogens is 1. The van der Waals surface area contributed by atoms with Crippen molar-refractivity contribution in [2.24, 2.45) is 0 Å². The van der Waals surface area contributed by atoms with Gasteiger partial charge in [-0.3, -0.25) is 14.9 Å². The van der Waals surface area contributed by atoms with Crippen molar-refractivity contribution >= 4 is 41.2 Å². The first kappa shape index (κ1) is 15.8. The van der Waals surface area contributed by atoms with Crippen LogP contribution in [0.15, 0.2) is 54.1 Å². The minimum absolute atomic E-state index is 0.00125. The SMILES string of the molecule is O=C1NC(=O)N(c2ccc(Cl)cc2)C(=O)/C1=C/c1cccc(O)c1. The van der Waals surface area contributed by atoms with Gasteiger partial charge in [-0.2, -0.15) is 0 Å². The molecule has 1 fully saturated rings. The molecule has 1 aliphatic rings. The largest absolute Gasteiger partial charge is 0.508 e. The molecule has 6 nitrogen and oxygen atoms in total. The second-order valence-corrected chi connectivity index (χ2v) is 5.47. The highest BCUT2D eigenvalue weighted by molar-refractivity contribution is 6.39. The summed E-state index contributed by atoms with van der Waals surface area (Å²) in [7, 11) is 0. The molecule has 1 heterocycles. The van der Waals surface area contributed by atoms with Crippen molar-refractivity contribution in [1.29, 1.82) is 0 Å². The van der Waals surface area contributed by atoms with Crippen molar-refractivity contribution in [2.75, 3.05) is 4.90 Å². The van der Waals surface area contributed by atoms with Gasteiger partial charge in [0.25, 0.3) is 11.8 Å². The molecule has 0 aliphatic carbocycles. The lowest BCUT2D eigenvalue weighted by Gasteiger charge is -2.26. The Balaban J connectivity index is 2.01. The molecule has 0 radical (unpaired) electrons. The molecule has 24 heavy (non-hydrogen) atoms. The minimum atomic E-state index is -0.833. The molecule has 2 aromatic carbocycles. The lowest BCUT2D eigenvalue weighted by atomic mass is 10.1. The number of imide groups is 2. The molecule has 2 N–H and O–H groups in total. The zero-order valence-electron chi connectivity index (χ0n) is 12.2. The average molecular weight is 343 g/mol. The number of carbonyl (C=O) groups is 3. The van der Waals surface area contributed by atoms with Gasteiger partial charge in [0, 0.05) is 5.02 Å². The molecule has 0 aromatic heterocycles. The van der Waals surface area contributed by atoms with Gasteiger partial charge in [0.1, 0.15) is 11.3 Å². The van der Waals surface area contributed by atoms with Crippen molar-refractivity contribution in [3.8, 4) is 5.75 Å². The van der Waals surface area contributed by atoms with E-state index in [1.54, 1.807) is 12.1 Å². The smallest absolute Gasteiger partial charge is 0.335 e. The van der Waals surface area contributed by atoms with Crippen molar-refractivity contribution < 1.29 is 19.5 Å². The second-order valence-electron chi connectivity index (χ2n) is 5.03. The minimum Gasteiger partial charge on any atom is -0.508 e. The van der Waals surface area contributed by atoms with E-state index in [2.05, 4.69) is 5.32 Å². The van der Waals surface area contributed by atoms with Crippen LogP contribution in [0.3, 0.4) is 0 Å². The zero-order chi connectivity index (χ0) is 17.3. The Morgan fingerprint density at radius 3 is 2.42 bits per heavy atom. The van der Waals surface area contributed by atoms with Crippen LogP contribution in [-0.2, 0) is 9.59 Å². The van der Waals surface area contributed by atoms with Crippen LogP contribution in [-0.4, -0.2) is 23.0 Å². The molecule has 1 aliphatic heterocycles. The Labute approximate surface area is 142 Å². The number of hydrogen-bond acceptors (Lipinski definition) is 4. The second kappa shape index (κ2) is 6.17. The molecule has 0 saturated carbocycles. The van der Waals surface area contributed by atoms with E-state index in [4.69, 9.17) is 11.6 Å². The Hall–Kier alpha value is -3.12. The fourth-order valence-electron chi connectivity index (χ4n) is 2.26. The first-order valence-corrected chi connectivity index (χ1v) is 7.29. The topological polar surface area (TPSA) is 86.7 Å². The van der Waals surface area contributed by atoms with Crippen LogP contribution >= 0.6 is 11.6 Å². The monoisotopic (exact) mass is 342 g/mol. The highest BCUT2D eigenvalue weighted by Crippen LogP contribution is 2.24. The van der Waals surface area contributed by atoms with Gasteiger partial charge in [0.2, 0.25) is 0 Å². The van der Waals surface area contributed by atoms with Gasteiger partial charge in [0.05, 0.1) is 5.69 Å². The highest BCUT2D eigenvalue weighted by Gasteiger charge is 2.36. The molecule has 4 amide bonds. The Bertz CT molecular complexity index is 874. The Morgan fingerprint density at radius 2 is 1.75 bits per heavy atom. The molecule has 3 rings (SSSR count). The summed E-state index contributed by atoms with van der Waals surface area (Å²) < 4.78 is 0.